The van der Waals surface area contributed by atoms with Crippen LogP contribution in [0.5, 0.6) is 0 Å². The second-order valence-electron chi connectivity index (χ2n) is 5.38. The Balaban J connectivity index is 2.67. The summed E-state index contributed by atoms with van der Waals surface area (Å²) in [5, 5.41) is 71.7. The van der Waals surface area contributed by atoms with Crippen molar-refractivity contribution in [2.75, 3.05) is 5.75 Å². The molecule has 1 aromatic rings. The molecule has 1 atom stereocenters. The van der Waals surface area contributed by atoms with Gasteiger partial charge in [-0.25, -0.2) is 27.3 Å². The van der Waals surface area contributed by atoms with Crippen molar-refractivity contribution >= 4 is 31.2 Å². The Kier molecular flexibility index (Phi) is 4.62. The van der Waals surface area contributed by atoms with Crippen molar-refractivity contribution in [3.8, 4) is 0 Å². The zero-order valence-electron chi connectivity index (χ0n) is 11.9. The van der Waals surface area contributed by atoms with Crippen LogP contribution in [0.2, 0.25) is 0 Å². The minimum Gasteiger partial charge on any atom is -0.363 e. The summed E-state index contributed by atoms with van der Waals surface area (Å²) in [5.74, 6) is -12.8. The van der Waals surface area contributed by atoms with Gasteiger partial charge in [0.15, 0.2) is 15.6 Å². The van der Waals surface area contributed by atoms with Crippen molar-refractivity contribution < 1.29 is 52.6 Å². The highest BCUT2D eigenvalue weighted by atomic mass is 32.3. The number of nitrogens with two attached hydrogens (primary N) is 1. The van der Waals surface area contributed by atoms with E-state index in [1.165, 1.54) is 5.32 Å². The maximum Gasteiger partial charge on any atom is 0.348 e. The van der Waals surface area contributed by atoms with E-state index < -0.39 is 63.3 Å². The van der Waals surface area contributed by atoms with E-state index >= 15 is 0 Å². The first kappa shape index (κ1) is 20.6. The molecule has 13 nitrogen and oxygen atoms in total. The Morgan fingerprint density at radius 1 is 1.24 bits per heavy atom. The average Bonchev–Trinajstić information content (AvgIpc) is 2.77. The molecular formula is C9H14N2O11S3. The maximum absolute atomic E-state index is 12.1. The molecule has 0 fully saturated rings. The molecule has 0 radical (unpaired) electrons. The third-order valence-electron chi connectivity index (χ3n) is 3.25. The third kappa shape index (κ3) is 3.70. The van der Waals surface area contributed by atoms with E-state index in [4.69, 9.17) is 20.5 Å². The summed E-state index contributed by atoms with van der Waals surface area (Å²) in [5.41, 5.74) is -0.651. The monoisotopic (exact) mass is 422 g/mol. The van der Waals surface area contributed by atoms with Gasteiger partial charge in [-0.05, 0) is 6.07 Å². The van der Waals surface area contributed by atoms with Gasteiger partial charge in [-0.1, -0.05) is 0 Å². The van der Waals surface area contributed by atoms with Gasteiger partial charge in [0, 0.05) is 5.56 Å². The van der Waals surface area contributed by atoms with E-state index in [9.17, 15) is 37.3 Å². The maximum atomic E-state index is 12.1. The van der Waals surface area contributed by atoms with Crippen molar-refractivity contribution in [3.05, 3.63) is 11.6 Å². The fourth-order valence-corrected chi connectivity index (χ4v) is 6.29. The molecule has 0 bridgehead atoms. The van der Waals surface area contributed by atoms with Gasteiger partial charge in [0.05, 0.1) is 6.04 Å². The van der Waals surface area contributed by atoms with Crippen LogP contribution in [0.4, 0.5) is 0 Å². The number of primary sulfonamides is 1. The highest BCUT2D eigenvalue weighted by molar-refractivity contribution is 7.95. The summed E-state index contributed by atoms with van der Waals surface area (Å²) >= 11 is 0.173. The van der Waals surface area contributed by atoms with E-state index in [1.54, 1.807) is 0 Å². The Morgan fingerprint density at radius 2 is 1.76 bits per heavy atom. The highest BCUT2D eigenvalue weighted by Crippen LogP contribution is 2.43. The number of fused-ring (bicyclic) bond motifs is 1. The largest absolute Gasteiger partial charge is 0.363 e. The summed E-state index contributed by atoms with van der Waals surface area (Å²) in [6.07, 6.45) is 0. The van der Waals surface area contributed by atoms with Gasteiger partial charge in [-0.3, -0.25) is 0 Å². The first-order valence-corrected chi connectivity index (χ1v) is 10.1. The van der Waals surface area contributed by atoms with E-state index in [1.807, 2.05) is 0 Å². The van der Waals surface area contributed by atoms with Crippen molar-refractivity contribution in [2.24, 2.45) is 5.14 Å². The number of aliphatic hydroxyl groups is 7. The minimum atomic E-state index is -4.41. The van der Waals surface area contributed by atoms with Crippen LogP contribution < -0.4 is 10.5 Å². The van der Waals surface area contributed by atoms with Gasteiger partial charge in [-0.15, -0.1) is 11.3 Å². The molecule has 0 saturated carbocycles. The number of hydrogen-bond acceptors (Lipinski definition) is 13. The van der Waals surface area contributed by atoms with Gasteiger partial charge in [0.25, 0.3) is 0 Å². The molecule has 0 spiro atoms. The molecular weight excluding hydrogens is 408 g/mol. The smallest absolute Gasteiger partial charge is 0.348 e. The quantitative estimate of drug-likeness (QED) is 0.206. The van der Waals surface area contributed by atoms with Crippen molar-refractivity contribution in [1.29, 1.82) is 0 Å². The summed E-state index contributed by atoms with van der Waals surface area (Å²) in [7, 11) is -8.80. The molecule has 1 aliphatic rings. The first-order chi connectivity index (χ1) is 10.9. The molecule has 1 aliphatic heterocycles. The Morgan fingerprint density at radius 3 is 2.20 bits per heavy atom. The second-order valence-corrected chi connectivity index (χ2v) is 10.4. The van der Waals surface area contributed by atoms with Crippen LogP contribution in [0.15, 0.2) is 14.5 Å². The van der Waals surface area contributed by atoms with Crippen LogP contribution in [-0.2, 0) is 19.9 Å². The molecule has 0 amide bonds. The zero-order valence-corrected chi connectivity index (χ0v) is 14.4. The number of rotatable bonds is 4. The summed E-state index contributed by atoms with van der Waals surface area (Å²) < 4.78 is 45.6. The fraction of sp³-hybridized carbons (Fsp3) is 0.556. The van der Waals surface area contributed by atoms with Crippen LogP contribution in [0, 0.1) is 0 Å². The first-order valence-electron chi connectivity index (χ1n) is 6.12. The lowest BCUT2D eigenvalue weighted by molar-refractivity contribution is -0.460. The number of nitrogens with one attached hydrogen (secondary N) is 1. The van der Waals surface area contributed by atoms with E-state index in [0.717, 1.165) is 0 Å². The second kappa shape index (κ2) is 5.62. The van der Waals surface area contributed by atoms with Crippen LogP contribution in [-0.4, -0.2) is 76.0 Å². The molecule has 25 heavy (non-hydrogen) atoms. The Bertz CT molecular complexity index is 894. The molecule has 144 valence electrons. The lowest BCUT2D eigenvalue weighted by Gasteiger charge is -2.40. The molecule has 10 N–H and O–H groups in total. The molecule has 16 heteroatoms. The zero-order chi connectivity index (χ0) is 19.6. The summed E-state index contributed by atoms with van der Waals surface area (Å²) in [4.78, 5) is 0. The lowest BCUT2D eigenvalue weighted by atomic mass is 10.0. The van der Waals surface area contributed by atoms with E-state index in [0.29, 0.717) is 6.07 Å². The van der Waals surface area contributed by atoms with Crippen LogP contribution >= 0.6 is 11.3 Å². The molecule has 0 aliphatic carbocycles. The molecule has 0 aromatic carbocycles. The van der Waals surface area contributed by atoms with Crippen molar-refractivity contribution in [3.63, 3.8) is 0 Å². The van der Waals surface area contributed by atoms with Gasteiger partial charge >= 0.3 is 11.9 Å². The normalized spacial score (nSPS) is 23.3. The topological polar surface area (TPSA) is 248 Å². The predicted octanol–water partition coefficient (Wildman–Crippen LogP) is -5.24. The minimum absolute atomic E-state index is 0.173. The van der Waals surface area contributed by atoms with Crippen LogP contribution in [0.1, 0.15) is 11.6 Å². The molecule has 0 saturated heterocycles. The van der Waals surface area contributed by atoms with Gasteiger partial charge in [0.2, 0.25) is 10.0 Å². The predicted molar refractivity (Wildman–Crippen MR) is 77.3 cm³/mol. The summed E-state index contributed by atoms with van der Waals surface area (Å²) in [6.45, 7) is 0. The van der Waals surface area contributed by atoms with E-state index in [-0.39, 0.29) is 11.3 Å². The van der Waals surface area contributed by atoms with Crippen molar-refractivity contribution in [2.45, 2.75) is 32.1 Å². The molecule has 1 unspecified atom stereocenters. The number of thiophene rings is 1. The lowest BCUT2D eigenvalue weighted by Crippen LogP contribution is -2.67. The van der Waals surface area contributed by atoms with E-state index in [2.05, 4.69) is 0 Å². The Hall–Kier alpha value is -0.760. The molecule has 1 aromatic heterocycles. The number of sulfonamides is 1. The van der Waals surface area contributed by atoms with Crippen LogP contribution in [0.3, 0.4) is 0 Å². The van der Waals surface area contributed by atoms with Crippen LogP contribution in [0.25, 0.3) is 0 Å². The van der Waals surface area contributed by atoms with Gasteiger partial charge in [-0.2, -0.15) is 0 Å². The molecule has 2 rings (SSSR count). The van der Waals surface area contributed by atoms with Gasteiger partial charge < -0.3 is 35.7 Å². The Labute approximate surface area is 144 Å². The molecule has 2 heterocycles. The SMILES string of the molecule is NS(=O)(=O)c1cc2c(s1)S(=O)(=O)CC(O)(O)C2NC(O)(O)C(O)(O)O. The number of hydrogen-bond donors (Lipinski definition) is 9. The third-order valence-corrected chi connectivity index (χ3v) is 8.24. The average molecular weight is 422 g/mol. The summed E-state index contributed by atoms with van der Waals surface area (Å²) in [6, 6.07) is -1.53. The number of sulfone groups is 1. The standard InChI is InChI=1S/C9H14N2O11S3/c10-25(21,22)4-1-3-5(11-8(14,15)9(16,17)18)7(12,13)2-24(19,20)6(3)23-4/h1,5,11-18H,2H2,(H2,10,21,22). The fourth-order valence-electron chi connectivity index (χ4n) is 2.12. The van der Waals surface area contributed by atoms with Crippen molar-refractivity contribution in [1.82, 2.24) is 5.32 Å². The van der Waals surface area contributed by atoms with Gasteiger partial charge in [0.1, 0.15) is 14.2 Å². The highest BCUT2D eigenvalue weighted by Gasteiger charge is 2.56.